The van der Waals surface area contributed by atoms with Crippen LogP contribution in [0.15, 0.2) is 65.1 Å². The molecule has 2 aromatic carbocycles. The molecule has 0 atom stereocenters. The number of hydrogen-bond acceptors (Lipinski definition) is 6. The average molecular weight is 410 g/mol. The third-order valence-corrected chi connectivity index (χ3v) is 4.14. The van der Waals surface area contributed by atoms with E-state index in [9.17, 15) is 9.59 Å². The molecule has 0 aliphatic carbocycles. The Morgan fingerprint density at radius 1 is 0.900 bits per heavy atom. The van der Waals surface area contributed by atoms with Gasteiger partial charge in [-0.3, -0.25) is 20.4 Å². The van der Waals surface area contributed by atoms with Crippen LogP contribution < -0.4 is 25.1 Å². The molecule has 0 aliphatic heterocycles. The van der Waals surface area contributed by atoms with E-state index in [0.717, 1.165) is 0 Å². The molecular formula is C22H22N2O6. The Balaban J connectivity index is 1.48. The molecule has 30 heavy (non-hydrogen) atoms. The minimum absolute atomic E-state index is 0.0506. The van der Waals surface area contributed by atoms with Gasteiger partial charge in [0, 0.05) is 0 Å². The second-order valence-corrected chi connectivity index (χ2v) is 6.24. The highest BCUT2D eigenvalue weighted by Gasteiger charge is 2.13. The van der Waals surface area contributed by atoms with Crippen LogP contribution in [0.5, 0.6) is 17.2 Å². The first-order valence-electron chi connectivity index (χ1n) is 9.15. The van der Waals surface area contributed by atoms with Crippen LogP contribution in [0.25, 0.3) is 0 Å². The van der Waals surface area contributed by atoms with Crippen LogP contribution in [0.3, 0.4) is 0 Å². The highest BCUT2D eigenvalue weighted by Crippen LogP contribution is 2.27. The van der Waals surface area contributed by atoms with Crippen LogP contribution in [-0.2, 0) is 17.8 Å². The van der Waals surface area contributed by atoms with Crippen molar-refractivity contribution >= 4 is 11.8 Å². The van der Waals surface area contributed by atoms with Gasteiger partial charge >= 0.3 is 5.91 Å². The van der Waals surface area contributed by atoms with Crippen LogP contribution >= 0.6 is 0 Å². The fourth-order valence-corrected chi connectivity index (χ4v) is 2.66. The molecule has 0 aliphatic rings. The topological polar surface area (TPSA) is 99.0 Å². The van der Waals surface area contributed by atoms with Gasteiger partial charge in [0.2, 0.25) is 5.91 Å². The van der Waals surface area contributed by atoms with Gasteiger partial charge < -0.3 is 18.6 Å². The van der Waals surface area contributed by atoms with Crippen molar-refractivity contribution in [3.05, 3.63) is 77.7 Å². The monoisotopic (exact) mass is 410 g/mol. The van der Waals surface area contributed by atoms with E-state index in [1.54, 1.807) is 24.3 Å². The molecule has 1 heterocycles. The first-order valence-corrected chi connectivity index (χ1v) is 9.15. The lowest BCUT2D eigenvalue weighted by molar-refractivity contribution is -0.121. The summed E-state index contributed by atoms with van der Waals surface area (Å²) in [6, 6.07) is 17.6. The van der Waals surface area contributed by atoms with Gasteiger partial charge in [-0.25, -0.2) is 0 Å². The largest absolute Gasteiger partial charge is 0.493 e. The second-order valence-electron chi connectivity index (χ2n) is 6.24. The molecule has 2 N–H and O–H groups in total. The third kappa shape index (κ3) is 5.54. The number of hydrazine groups is 1. The Bertz CT molecular complexity index is 1000. The maximum Gasteiger partial charge on any atom is 0.305 e. The van der Waals surface area contributed by atoms with Crippen LogP contribution in [-0.4, -0.2) is 26.0 Å². The van der Waals surface area contributed by atoms with Crippen molar-refractivity contribution in [2.45, 2.75) is 13.0 Å². The fourth-order valence-electron chi connectivity index (χ4n) is 2.66. The van der Waals surface area contributed by atoms with E-state index in [0.29, 0.717) is 28.6 Å². The van der Waals surface area contributed by atoms with Crippen molar-refractivity contribution in [3.63, 3.8) is 0 Å². The van der Waals surface area contributed by atoms with E-state index in [1.165, 1.54) is 20.3 Å². The standard InChI is InChI=1S/C22H22N2O6/c1-27-18-10-8-15(12-20(18)28-2)13-21(25)23-24-22(26)19-11-9-17(30-19)14-29-16-6-4-3-5-7-16/h3-12H,13-14H2,1-2H3,(H,23,25)(H,24,26). The Kier molecular flexibility index (Phi) is 6.94. The number of ether oxygens (including phenoxy) is 3. The number of amides is 2. The summed E-state index contributed by atoms with van der Waals surface area (Å²) >= 11 is 0. The Hall–Kier alpha value is -3.94. The maximum absolute atomic E-state index is 12.2. The quantitative estimate of drug-likeness (QED) is 0.554. The van der Waals surface area contributed by atoms with Gasteiger partial charge in [0.05, 0.1) is 20.6 Å². The molecule has 0 saturated heterocycles. The van der Waals surface area contributed by atoms with Crippen molar-refractivity contribution in [1.29, 1.82) is 0 Å². The number of benzene rings is 2. The molecule has 0 unspecified atom stereocenters. The van der Waals surface area contributed by atoms with E-state index < -0.39 is 11.8 Å². The number of hydrogen-bond donors (Lipinski definition) is 2. The van der Waals surface area contributed by atoms with E-state index >= 15 is 0 Å². The van der Waals surface area contributed by atoms with E-state index in [4.69, 9.17) is 18.6 Å². The molecule has 3 aromatic rings. The number of para-hydroxylation sites is 1. The van der Waals surface area contributed by atoms with Crippen molar-refractivity contribution in [2.75, 3.05) is 14.2 Å². The maximum atomic E-state index is 12.2. The number of furan rings is 1. The lowest BCUT2D eigenvalue weighted by atomic mass is 10.1. The second kappa shape index (κ2) is 10.0. The Morgan fingerprint density at radius 3 is 2.40 bits per heavy atom. The molecule has 0 spiro atoms. The molecule has 3 rings (SSSR count). The number of methoxy groups -OCH3 is 2. The lowest BCUT2D eigenvalue weighted by Gasteiger charge is -2.10. The summed E-state index contributed by atoms with van der Waals surface area (Å²) in [6.45, 7) is 0.183. The summed E-state index contributed by atoms with van der Waals surface area (Å²) in [5.74, 6) is 1.37. The molecule has 0 fully saturated rings. The minimum Gasteiger partial charge on any atom is -0.493 e. The minimum atomic E-state index is -0.568. The summed E-state index contributed by atoms with van der Waals surface area (Å²) in [4.78, 5) is 24.3. The zero-order valence-corrected chi connectivity index (χ0v) is 16.6. The summed E-state index contributed by atoms with van der Waals surface area (Å²) < 4.78 is 21.4. The molecule has 8 nitrogen and oxygen atoms in total. The summed E-state index contributed by atoms with van der Waals surface area (Å²) in [7, 11) is 3.05. The van der Waals surface area contributed by atoms with Crippen molar-refractivity contribution < 1.29 is 28.2 Å². The summed E-state index contributed by atoms with van der Waals surface area (Å²) in [5, 5.41) is 0. The molecule has 2 amide bonds. The predicted octanol–water partition coefficient (Wildman–Crippen LogP) is 2.88. The first kappa shape index (κ1) is 20.8. The van der Waals surface area contributed by atoms with Gasteiger partial charge in [0.15, 0.2) is 17.3 Å². The van der Waals surface area contributed by atoms with Crippen molar-refractivity contribution in [3.8, 4) is 17.2 Å². The highest BCUT2D eigenvalue weighted by atomic mass is 16.5. The van der Waals surface area contributed by atoms with Gasteiger partial charge in [-0.2, -0.15) is 0 Å². The zero-order valence-electron chi connectivity index (χ0n) is 16.6. The van der Waals surface area contributed by atoms with Gasteiger partial charge in [-0.05, 0) is 42.0 Å². The van der Waals surface area contributed by atoms with Crippen molar-refractivity contribution in [2.24, 2.45) is 0 Å². The highest BCUT2D eigenvalue weighted by molar-refractivity contribution is 5.93. The molecule has 8 heteroatoms. The van der Waals surface area contributed by atoms with E-state index in [2.05, 4.69) is 10.9 Å². The van der Waals surface area contributed by atoms with Crippen LogP contribution in [0.2, 0.25) is 0 Å². The fraction of sp³-hybridized carbons (Fsp3) is 0.182. The van der Waals surface area contributed by atoms with E-state index in [-0.39, 0.29) is 18.8 Å². The van der Waals surface area contributed by atoms with Crippen molar-refractivity contribution in [1.82, 2.24) is 10.9 Å². The van der Waals surface area contributed by atoms with Crippen LogP contribution in [0.4, 0.5) is 0 Å². The number of rotatable bonds is 8. The molecule has 0 radical (unpaired) electrons. The summed E-state index contributed by atoms with van der Waals surface area (Å²) in [5.41, 5.74) is 5.40. The smallest absolute Gasteiger partial charge is 0.305 e. The average Bonchev–Trinajstić information content (AvgIpc) is 3.26. The molecule has 0 saturated carbocycles. The molecule has 1 aromatic heterocycles. The van der Waals surface area contributed by atoms with Gasteiger partial charge in [0.25, 0.3) is 0 Å². The van der Waals surface area contributed by atoms with Crippen LogP contribution in [0, 0.1) is 0 Å². The van der Waals surface area contributed by atoms with Gasteiger partial charge in [0.1, 0.15) is 18.1 Å². The molecule has 156 valence electrons. The Labute approximate surface area is 173 Å². The lowest BCUT2D eigenvalue weighted by Crippen LogP contribution is -2.42. The number of carbonyl (C=O) groups is 2. The molecular weight excluding hydrogens is 388 g/mol. The third-order valence-electron chi connectivity index (χ3n) is 4.14. The predicted molar refractivity (Wildman–Crippen MR) is 108 cm³/mol. The summed E-state index contributed by atoms with van der Waals surface area (Å²) in [6.07, 6.45) is 0.0506. The first-order chi connectivity index (χ1) is 14.6. The van der Waals surface area contributed by atoms with Crippen LogP contribution in [0.1, 0.15) is 21.9 Å². The van der Waals surface area contributed by atoms with Gasteiger partial charge in [-0.1, -0.05) is 24.3 Å². The zero-order chi connectivity index (χ0) is 21.3. The molecule has 0 bridgehead atoms. The normalized spacial score (nSPS) is 10.2. The number of carbonyl (C=O) groups excluding carboxylic acids is 2. The number of nitrogens with one attached hydrogen (secondary N) is 2. The van der Waals surface area contributed by atoms with E-state index in [1.807, 2.05) is 30.3 Å². The SMILES string of the molecule is COc1ccc(CC(=O)NNC(=O)c2ccc(COc3ccccc3)o2)cc1OC. The van der Waals surface area contributed by atoms with Gasteiger partial charge in [-0.15, -0.1) is 0 Å². The Morgan fingerprint density at radius 2 is 1.67 bits per heavy atom.